The third-order valence-electron chi connectivity index (χ3n) is 9.47. The summed E-state index contributed by atoms with van der Waals surface area (Å²) in [6, 6.07) is 20.7. The average Bonchev–Trinajstić information content (AvgIpc) is 3.10. The number of hydrogen-bond donors (Lipinski definition) is 0. The van der Waals surface area contributed by atoms with E-state index >= 15 is 0 Å². The quantitative estimate of drug-likeness (QED) is 0.214. The smallest absolute Gasteiger partial charge is 0.243 e. The lowest BCUT2D eigenvalue weighted by molar-refractivity contribution is -0.127. The van der Waals surface area contributed by atoms with Crippen molar-refractivity contribution in [1.29, 1.82) is 0 Å². The molecule has 1 fully saturated rings. The number of fused-ring (bicyclic) bond motifs is 1. The molecule has 0 spiro atoms. The van der Waals surface area contributed by atoms with Crippen LogP contribution in [0, 0.1) is 6.92 Å². The molecule has 2 heterocycles. The Labute approximate surface area is 285 Å². The van der Waals surface area contributed by atoms with Gasteiger partial charge in [-0.2, -0.15) is 4.31 Å². The predicted octanol–water partition coefficient (Wildman–Crippen LogP) is 5.24. The van der Waals surface area contributed by atoms with E-state index in [1.165, 1.54) is 6.92 Å². The molecule has 0 aliphatic carbocycles. The van der Waals surface area contributed by atoms with Crippen molar-refractivity contribution in [2.45, 2.75) is 62.7 Å². The van der Waals surface area contributed by atoms with Crippen LogP contribution in [0.3, 0.4) is 0 Å². The third-order valence-corrected chi connectivity index (χ3v) is 11.4. The lowest BCUT2D eigenvalue weighted by Crippen LogP contribution is -2.53. The molecular formula is C37H49N3O7S. The summed E-state index contributed by atoms with van der Waals surface area (Å²) < 4.78 is 53.5. The van der Waals surface area contributed by atoms with E-state index in [9.17, 15) is 13.2 Å². The molecule has 3 atom stereocenters. The third kappa shape index (κ3) is 8.49. The Hall–Kier alpha value is -3.64. The zero-order valence-electron chi connectivity index (χ0n) is 28.8. The molecule has 0 aromatic heterocycles. The maximum Gasteiger partial charge on any atom is 0.243 e. The highest BCUT2D eigenvalue weighted by Crippen LogP contribution is 2.39. The van der Waals surface area contributed by atoms with Gasteiger partial charge in [0.15, 0.2) is 0 Å². The van der Waals surface area contributed by atoms with Crippen LogP contribution in [-0.2, 0) is 30.9 Å². The van der Waals surface area contributed by atoms with E-state index in [0.717, 1.165) is 53.4 Å². The van der Waals surface area contributed by atoms with E-state index in [1.807, 2.05) is 55.5 Å². The second kappa shape index (κ2) is 16.2. The summed E-state index contributed by atoms with van der Waals surface area (Å²) in [4.78, 5) is 16.3. The van der Waals surface area contributed by atoms with Gasteiger partial charge in [-0.1, -0.05) is 35.9 Å². The summed E-state index contributed by atoms with van der Waals surface area (Å²) in [5.74, 6) is 1.46. The molecule has 2 aliphatic rings. The van der Waals surface area contributed by atoms with E-state index < -0.39 is 16.1 Å². The molecule has 10 nitrogen and oxygen atoms in total. The highest BCUT2D eigenvalue weighted by atomic mass is 32.2. The number of ether oxygens (including phenoxy) is 4. The number of anilines is 1. The average molecular weight is 680 g/mol. The summed E-state index contributed by atoms with van der Waals surface area (Å²) in [7, 11) is 1.24. The number of piperidine rings is 1. The van der Waals surface area contributed by atoms with Crippen LogP contribution >= 0.6 is 0 Å². The zero-order valence-corrected chi connectivity index (χ0v) is 29.6. The molecule has 260 valence electrons. The second-order valence-electron chi connectivity index (χ2n) is 12.7. The Balaban J connectivity index is 1.45. The topological polar surface area (TPSA) is 97.9 Å². The van der Waals surface area contributed by atoms with Crippen molar-refractivity contribution in [3.05, 3.63) is 83.4 Å². The predicted molar refractivity (Wildman–Crippen MR) is 186 cm³/mol. The van der Waals surface area contributed by atoms with Gasteiger partial charge in [0.25, 0.3) is 0 Å². The van der Waals surface area contributed by atoms with Crippen LogP contribution in [0.4, 0.5) is 5.69 Å². The van der Waals surface area contributed by atoms with Crippen LogP contribution in [0.15, 0.2) is 71.6 Å². The van der Waals surface area contributed by atoms with E-state index in [0.29, 0.717) is 39.2 Å². The van der Waals surface area contributed by atoms with Crippen LogP contribution in [-0.4, -0.2) is 96.3 Å². The number of rotatable bonds is 14. The first kappa shape index (κ1) is 35.7. The van der Waals surface area contributed by atoms with Crippen molar-refractivity contribution in [2.24, 2.45) is 0 Å². The van der Waals surface area contributed by atoms with E-state index in [4.69, 9.17) is 18.9 Å². The lowest BCUT2D eigenvalue weighted by atomic mass is 9.83. The van der Waals surface area contributed by atoms with Gasteiger partial charge in [-0.3, -0.25) is 4.79 Å². The Kier molecular flexibility index (Phi) is 12.0. The van der Waals surface area contributed by atoms with Gasteiger partial charge in [-0.15, -0.1) is 0 Å². The van der Waals surface area contributed by atoms with Crippen LogP contribution in [0.2, 0.25) is 0 Å². The summed E-state index contributed by atoms with van der Waals surface area (Å²) in [6.45, 7) is 7.39. The molecule has 3 aromatic carbocycles. The summed E-state index contributed by atoms with van der Waals surface area (Å²) in [5.41, 5.74) is 4.07. The molecule has 48 heavy (non-hydrogen) atoms. The highest BCUT2D eigenvalue weighted by molar-refractivity contribution is 7.89. The van der Waals surface area contributed by atoms with Gasteiger partial charge in [0, 0.05) is 59.3 Å². The fourth-order valence-corrected chi connectivity index (χ4v) is 8.21. The van der Waals surface area contributed by atoms with E-state index in [-0.39, 0.29) is 29.3 Å². The maximum absolute atomic E-state index is 14.3. The minimum absolute atomic E-state index is 0.0561. The number of sulfonamides is 1. The van der Waals surface area contributed by atoms with Crippen molar-refractivity contribution in [3.63, 3.8) is 0 Å². The second-order valence-corrected chi connectivity index (χ2v) is 14.6. The Morgan fingerprint density at radius 1 is 1.04 bits per heavy atom. The number of carbonyl (C=O) groups is 1. The number of nitrogens with zero attached hydrogens (tertiary/aromatic N) is 3. The molecule has 0 unspecified atom stereocenters. The minimum Gasteiger partial charge on any atom is -0.497 e. The summed E-state index contributed by atoms with van der Waals surface area (Å²) in [5, 5.41) is 0. The normalized spacial score (nSPS) is 19.8. The number of amides is 1. The number of aryl methyl sites for hydroxylation is 1. The van der Waals surface area contributed by atoms with Gasteiger partial charge in [0.05, 0.1) is 36.9 Å². The van der Waals surface area contributed by atoms with Crippen molar-refractivity contribution in [2.75, 3.05) is 65.6 Å². The fourth-order valence-electron chi connectivity index (χ4n) is 6.53. The number of methoxy groups -OCH3 is 2. The van der Waals surface area contributed by atoms with Crippen molar-refractivity contribution in [3.8, 4) is 11.5 Å². The molecule has 5 rings (SSSR count). The van der Waals surface area contributed by atoms with Crippen LogP contribution < -0.4 is 14.4 Å². The Morgan fingerprint density at radius 2 is 1.79 bits per heavy atom. The molecular weight excluding hydrogens is 630 g/mol. The molecule has 0 radical (unpaired) electrons. The standard InChI is InChI=1S/C37H49N3O7S/c1-27-7-14-33(15-8-27)48(42,43)40-25-37(47-26-29-9-16-36-35(23-29)39(20-22-46-36)18-6-21-44-4)34(30-10-12-32(45-5)13-11-30)24-31(40)17-19-38(3)28(2)41/h7-16,23,31,34,37H,6,17-22,24-26H2,1-5H3/t31-,34+,37-/m0/s1. The lowest BCUT2D eigenvalue weighted by Gasteiger charge is -2.43. The van der Waals surface area contributed by atoms with Crippen LogP contribution in [0.1, 0.15) is 48.8 Å². The molecule has 11 heteroatoms. The zero-order chi connectivity index (χ0) is 34.3. The van der Waals surface area contributed by atoms with E-state index in [2.05, 4.69) is 11.0 Å². The molecule has 3 aromatic rings. The first-order chi connectivity index (χ1) is 23.1. The first-order valence-electron chi connectivity index (χ1n) is 16.7. The molecule has 1 amide bonds. The Morgan fingerprint density at radius 3 is 2.48 bits per heavy atom. The molecule has 2 aliphatic heterocycles. The van der Waals surface area contributed by atoms with Gasteiger partial charge in [0.2, 0.25) is 15.9 Å². The SMILES string of the molecule is COCCCN1CCOc2ccc(CO[C@H]3CN(S(=O)(=O)c4ccc(C)cc4)[C@@H](CCN(C)C(C)=O)C[C@@H]3c3ccc(OC)cc3)cc21. The largest absolute Gasteiger partial charge is 0.497 e. The minimum atomic E-state index is -3.86. The first-order valence-corrected chi connectivity index (χ1v) is 18.1. The summed E-state index contributed by atoms with van der Waals surface area (Å²) >= 11 is 0. The van der Waals surface area contributed by atoms with E-state index in [1.54, 1.807) is 42.6 Å². The highest BCUT2D eigenvalue weighted by Gasteiger charge is 2.43. The van der Waals surface area contributed by atoms with Crippen LogP contribution in [0.25, 0.3) is 0 Å². The van der Waals surface area contributed by atoms with Crippen molar-refractivity contribution in [1.82, 2.24) is 9.21 Å². The molecule has 0 bridgehead atoms. The van der Waals surface area contributed by atoms with Crippen molar-refractivity contribution >= 4 is 21.6 Å². The fraction of sp³-hybridized carbons (Fsp3) is 0.486. The molecule has 0 N–H and O–H groups in total. The molecule has 0 saturated carbocycles. The number of hydrogen-bond acceptors (Lipinski definition) is 8. The van der Waals surface area contributed by atoms with Gasteiger partial charge in [-0.25, -0.2) is 8.42 Å². The maximum atomic E-state index is 14.3. The van der Waals surface area contributed by atoms with Gasteiger partial charge < -0.3 is 28.7 Å². The van der Waals surface area contributed by atoms with Gasteiger partial charge >= 0.3 is 0 Å². The Bertz CT molecular complexity index is 1610. The molecule has 1 saturated heterocycles. The van der Waals surface area contributed by atoms with Gasteiger partial charge in [0.1, 0.15) is 18.1 Å². The van der Waals surface area contributed by atoms with Crippen molar-refractivity contribution < 1.29 is 32.2 Å². The van der Waals surface area contributed by atoms with Crippen LogP contribution in [0.5, 0.6) is 11.5 Å². The van der Waals surface area contributed by atoms with Gasteiger partial charge in [-0.05, 0) is 73.7 Å². The number of benzene rings is 3. The summed E-state index contributed by atoms with van der Waals surface area (Å²) in [6.07, 6.45) is 1.53. The number of carbonyl (C=O) groups excluding carboxylic acids is 1. The monoisotopic (exact) mass is 679 g/mol.